The van der Waals surface area contributed by atoms with Crippen LogP contribution in [0.3, 0.4) is 0 Å². The van der Waals surface area contributed by atoms with E-state index in [2.05, 4.69) is 26.1 Å². The minimum Gasteiger partial charge on any atom is -0.492 e. The van der Waals surface area contributed by atoms with Crippen molar-refractivity contribution in [3.8, 4) is 0 Å². The van der Waals surface area contributed by atoms with Crippen LogP contribution < -0.4 is 5.73 Å². The minimum absolute atomic E-state index is 0.287. The van der Waals surface area contributed by atoms with E-state index in [-0.39, 0.29) is 10.9 Å². The number of hydrogen-bond acceptors (Lipinski definition) is 4. The van der Waals surface area contributed by atoms with Crippen molar-refractivity contribution in [1.82, 2.24) is 0 Å². The number of ether oxygens (including phenoxy) is 1. The molecular weight excluding hydrogens is 305 g/mol. The molecule has 0 heterocycles. The highest BCUT2D eigenvalue weighted by Crippen LogP contribution is 2.32. The Morgan fingerprint density at radius 3 is 2.43 bits per heavy atom. The van der Waals surface area contributed by atoms with Gasteiger partial charge >= 0.3 is 7.48 Å². The van der Waals surface area contributed by atoms with Crippen molar-refractivity contribution in [3.63, 3.8) is 0 Å². The second-order valence-corrected chi connectivity index (χ2v) is 8.26. The molecule has 5 heteroatoms. The van der Waals surface area contributed by atoms with Crippen molar-refractivity contribution >= 4 is 20.1 Å². The molecule has 0 bridgehead atoms. The Bertz CT molecular complexity index is 474. The highest BCUT2D eigenvalue weighted by Gasteiger charge is 2.35. The summed E-state index contributed by atoms with van der Waals surface area (Å²) in [4.78, 5) is 0. The van der Waals surface area contributed by atoms with E-state index >= 15 is 0 Å². The second kappa shape index (κ2) is 8.34. The maximum absolute atomic E-state index is 6.07. The lowest BCUT2D eigenvalue weighted by Gasteiger charge is -2.38. The number of nitrogens with two attached hydrogens (primary N) is 1. The van der Waals surface area contributed by atoms with Gasteiger partial charge in [-0.1, -0.05) is 26.0 Å². The highest BCUT2D eigenvalue weighted by molar-refractivity contribution is 7.81. The molecule has 0 aromatic heterocycles. The third-order valence-corrected chi connectivity index (χ3v) is 4.64. The van der Waals surface area contributed by atoms with Gasteiger partial charge in [-0.15, -0.1) is 0 Å². The zero-order valence-corrected chi connectivity index (χ0v) is 16.1. The van der Waals surface area contributed by atoms with Gasteiger partial charge in [-0.25, -0.2) is 0 Å². The molecule has 23 heavy (non-hydrogen) atoms. The van der Waals surface area contributed by atoms with Crippen molar-refractivity contribution in [3.05, 3.63) is 35.7 Å². The van der Waals surface area contributed by atoms with Crippen molar-refractivity contribution in [2.45, 2.75) is 76.8 Å². The first-order valence-corrected chi connectivity index (χ1v) is 8.78. The largest absolute Gasteiger partial charge is 0.492 e. The number of unbranched alkanes of at least 4 members (excludes halogenated alkanes) is 1. The van der Waals surface area contributed by atoms with Crippen LogP contribution in [0.2, 0.25) is 0 Å². The monoisotopic (exact) mass is 336 g/mol. The smallest absolute Gasteiger partial charge is 0.334 e. The summed E-state index contributed by atoms with van der Waals surface area (Å²) in [5.74, 6) is 0.605. The minimum atomic E-state index is -0.447. The Hall–Kier alpha value is -0.805. The quantitative estimate of drug-likeness (QED) is 0.270. The molecule has 0 unspecified atom stereocenters. The topological polar surface area (TPSA) is 44.5 Å². The lowest BCUT2D eigenvalue weighted by molar-refractivity contribution is 0.0837. The molecule has 2 N–H and O–H groups in total. The summed E-state index contributed by atoms with van der Waals surface area (Å²) in [6.45, 7) is 14.2. The number of allylic oxidation sites excluding steroid dienone is 3. The maximum Gasteiger partial charge on any atom is 0.334 e. The second-order valence-electron chi connectivity index (χ2n) is 7.14. The van der Waals surface area contributed by atoms with Gasteiger partial charge in [-0.05, 0) is 58.5 Å². The molecule has 129 valence electrons. The zero-order valence-electron chi connectivity index (χ0n) is 15.2. The van der Waals surface area contributed by atoms with E-state index in [9.17, 15) is 0 Å². The fourth-order valence-corrected chi connectivity index (χ4v) is 1.59. The van der Waals surface area contributed by atoms with Crippen LogP contribution in [-0.4, -0.2) is 23.9 Å². The van der Waals surface area contributed by atoms with Crippen LogP contribution in [0.1, 0.15) is 60.3 Å². The summed E-state index contributed by atoms with van der Waals surface area (Å²) in [5.41, 5.74) is 7.09. The van der Waals surface area contributed by atoms with Crippen molar-refractivity contribution in [2.75, 3.05) is 0 Å². The molecule has 1 saturated carbocycles. The average molecular weight is 336 g/mol. The van der Waals surface area contributed by atoms with Gasteiger partial charge in [0.05, 0.1) is 11.7 Å². The Morgan fingerprint density at radius 2 is 1.96 bits per heavy atom. The molecule has 0 amide bonds. The van der Waals surface area contributed by atoms with E-state index in [4.69, 9.17) is 15.1 Å². The first-order valence-electron chi connectivity index (χ1n) is 8.33. The predicted molar refractivity (Wildman–Crippen MR) is 102 cm³/mol. The molecule has 1 rings (SSSR count). The summed E-state index contributed by atoms with van der Waals surface area (Å²) in [5, 5.41) is 0. The summed E-state index contributed by atoms with van der Waals surface area (Å²) < 4.78 is 11.5. The van der Waals surface area contributed by atoms with Crippen molar-refractivity contribution in [1.29, 1.82) is 0 Å². The fraction of sp³-hybridized carbons (Fsp3) is 0.667. The summed E-state index contributed by atoms with van der Waals surface area (Å²) in [7, 11) is 1.69. The van der Waals surface area contributed by atoms with E-state index < -0.39 is 5.60 Å². The van der Waals surface area contributed by atoms with Crippen LogP contribution >= 0.6 is 12.6 Å². The Labute approximate surface area is 148 Å². The average Bonchev–Trinajstić information content (AvgIpc) is 3.23. The van der Waals surface area contributed by atoms with Crippen molar-refractivity contribution in [2.24, 2.45) is 5.73 Å². The van der Waals surface area contributed by atoms with Crippen LogP contribution in [-0.2, 0) is 9.39 Å². The van der Waals surface area contributed by atoms with E-state index in [1.807, 2.05) is 39.8 Å². The van der Waals surface area contributed by atoms with Gasteiger partial charge in [0.2, 0.25) is 0 Å². The number of thiol groups is 1. The van der Waals surface area contributed by atoms with Crippen LogP contribution in [0.4, 0.5) is 0 Å². The molecule has 0 saturated heterocycles. The molecule has 1 fully saturated rings. The molecule has 0 aliphatic heterocycles. The van der Waals surface area contributed by atoms with E-state index in [0.717, 1.165) is 31.2 Å². The summed E-state index contributed by atoms with van der Waals surface area (Å²) >= 11 is 4.62. The standard InChI is InChI=1S/C18H31BNO2S/c1-7-8-9-14(20)12-16(13(2)21-15-10-11-15)19-22-17(3,4)18(5,6)23/h9,12,15,23H,2,7-8,10-11,20H2,1,3-6H3/b14-9+,16-12+. The van der Waals surface area contributed by atoms with Gasteiger partial charge in [0.15, 0.2) is 0 Å². The third kappa shape index (κ3) is 7.09. The lowest BCUT2D eigenvalue weighted by Crippen LogP contribution is -2.44. The maximum atomic E-state index is 6.07. The highest BCUT2D eigenvalue weighted by atomic mass is 32.1. The molecule has 0 aromatic carbocycles. The van der Waals surface area contributed by atoms with Gasteiger partial charge in [0.1, 0.15) is 5.76 Å². The number of rotatable bonds is 10. The first kappa shape index (κ1) is 20.2. The molecule has 0 atom stereocenters. The van der Waals surface area contributed by atoms with Gasteiger partial charge in [0.25, 0.3) is 0 Å². The lowest BCUT2D eigenvalue weighted by atomic mass is 9.81. The first-order chi connectivity index (χ1) is 10.6. The molecule has 0 spiro atoms. The van der Waals surface area contributed by atoms with E-state index in [1.165, 1.54) is 0 Å². The molecule has 1 radical (unpaired) electrons. The molecular formula is C18H31BNO2S. The van der Waals surface area contributed by atoms with E-state index in [0.29, 0.717) is 11.5 Å². The van der Waals surface area contributed by atoms with Gasteiger partial charge in [0, 0.05) is 10.4 Å². The van der Waals surface area contributed by atoms with Crippen LogP contribution in [0, 0.1) is 0 Å². The van der Waals surface area contributed by atoms with Gasteiger partial charge in [-0.3, -0.25) is 0 Å². The summed E-state index contributed by atoms with van der Waals surface area (Å²) in [6.07, 6.45) is 8.34. The van der Waals surface area contributed by atoms with Crippen LogP contribution in [0.25, 0.3) is 0 Å². The summed E-state index contributed by atoms with van der Waals surface area (Å²) in [6, 6.07) is 0. The third-order valence-electron chi connectivity index (χ3n) is 4.10. The Balaban J connectivity index is 2.82. The van der Waals surface area contributed by atoms with Gasteiger partial charge in [-0.2, -0.15) is 12.6 Å². The normalized spacial score (nSPS) is 17.1. The molecule has 0 aromatic rings. The SMILES string of the molecule is C=C(OC1CC1)/C([B]OC(C)(C)C(C)(C)S)=C\C(N)=C/CCC. The fourth-order valence-electron chi connectivity index (χ4n) is 1.54. The van der Waals surface area contributed by atoms with E-state index in [1.54, 1.807) is 7.48 Å². The zero-order chi connectivity index (χ0) is 17.7. The number of hydrogen-bond donors (Lipinski definition) is 2. The molecule has 1 aliphatic carbocycles. The Kier molecular flexibility index (Phi) is 7.34. The van der Waals surface area contributed by atoms with Gasteiger partial charge < -0.3 is 15.1 Å². The van der Waals surface area contributed by atoms with Crippen molar-refractivity contribution < 1.29 is 9.39 Å². The van der Waals surface area contributed by atoms with Crippen LogP contribution in [0.15, 0.2) is 35.7 Å². The molecule has 3 nitrogen and oxygen atoms in total. The van der Waals surface area contributed by atoms with Crippen LogP contribution in [0.5, 0.6) is 0 Å². The predicted octanol–water partition coefficient (Wildman–Crippen LogP) is 4.33. The Morgan fingerprint density at radius 1 is 1.35 bits per heavy atom. The molecule has 1 aliphatic rings.